The first-order chi connectivity index (χ1) is 8.09. The molecule has 2 rings (SSSR count). The Bertz CT molecular complexity index is 316. The van der Waals surface area contributed by atoms with Crippen LogP contribution in [0.3, 0.4) is 0 Å². The highest BCUT2D eigenvalue weighted by molar-refractivity contribution is 5.86. The minimum atomic E-state index is -1.16. The van der Waals surface area contributed by atoms with E-state index in [4.69, 9.17) is 9.84 Å². The number of amides is 2. The third kappa shape index (κ3) is 2.50. The predicted molar refractivity (Wildman–Crippen MR) is 56.5 cm³/mol. The van der Waals surface area contributed by atoms with Gasteiger partial charge in [-0.1, -0.05) is 0 Å². The second-order valence-corrected chi connectivity index (χ2v) is 4.28. The van der Waals surface area contributed by atoms with Crippen LogP contribution in [0.5, 0.6) is 0 Å². The van der Waals surface area contributed by atoms with Crippen molar-refractivity contribution < 1.29 is 24.5 Å². The van der Waals surface area contributed by atoms with Gasteiger partial charge in [0.2, 0.25) is 5.91 Å². The number of carboxylic acid groups (broad SMARTS) is 1. The topological polar surface area (TPSA) is 90.3 Å². The molecule has 2 amide bonds. The minimum absolute atomic E-state index is 0.0100. The maximum atomic E-state index is 12.1. The molecule has 0 aliphatic carbocycles. The van der Waals surface area contributed by atoms with Crippen LogP contribution in [0.1, 0.15) is 6.42 Å². The first kappa shape index (κ1) is 12.1. The summed E-state index contributed by atoms with van der Waals surface area (Å²) < 4.78 is 5.13. The van der Waals surface area contributed by atoms with Crippen LogP contribution < -0.4 is 0 Å². The molecule has 0 bridgehead atoms. The Morgan fingerprint density at radius 2 is 1.88 bits per heavy atom. The van der Waals surface area contributed by atoms with E-state index in [9.17, 15) is 14.7 Å². The molecular weight excluding hydrogens is 228 g/mol. The van der Waals surface area contributed by atoms with E-state index in [1.165, 1.54) is 0 Å². The van der Waals surface area contributed by atoms with Gasteiger partial charge < -0.3 is 19.8 Å². The molecule has 0 aromatic carbocycles. The molecule has 2 saturated heterocycles. The van der Waals surface area contributed by atoms with E-state index in [2.05, 4.69) is 0 Å². The van der Waals surface area contributed by atoms with Crippen LogP contribution in [0.25, 0.3) is 0 Å². The van der Waals surface area contributed by atoms with Gasteiger partial charge in [0, 0.05) is 19.5 Å². The first-order valence-electron chi connectivity index (χ1n) is 5.63. The molecule has 2 heterocycles. The summed E-state index contributed by atoms with van der Waals surface area (Å²) in [5.74, 6) is -0.229. The summed E-state index contributed by atoms with van der Waals surface area (Å²) in [5.41, 5.74) is 0. The van der Waals surface area contributed by atoms with Gasteiger partial charge in [0.1, 0.15) is 6.04 Å². The molecule has 0 aromatic rings. The van der Waals surface area contributed by atoms with Crippen molar-refractivity contribution in [2.24, 2.45) is 0 Å². The third-order valence-electron chi connectivity index (χ3n) is 3.13. The molecule has 2 aliphatic heterocycles. The normalized spacial score (nSPS) is 29.5. The summed E-state index contributed by atoms with van der Waals surface area (Å²) in [5, 5.41) is 18.4. The first-order valence-corrected chi connectivity index (χ1v) is 5.63. The quantitative estimate of drug-likeness (QED) is 0.615. The largest absolute Gasteiger partial charge is 0.465 e. The number of rotatable bonds is 1. The molecule has 7 heteroatoms. The smallest absolute Gasteiger partial charge is 0.408 e. The maximum Gasteiger partial charge on any atom is 0.408 e. The minimum Gasteiger partial charge on any atom is -0.465 e. The van der Waals surface area contributed by atoms with Crippen LogP contribution in [0.15, 0.2) is 0 Å². The number of hydrogen-bond acceptors (Lipinski definition) is 4. The Morgan fingerprint density at radius 1 is 1.24 bits per heavy atom. The van der Waals surface area contributed by atoms with Crippen molar-refractivity contribution in [3.05, 3.63) is 0 Å². The SMILES string of the molecule is O=C([C@@H]1C[C@H](O)CN1C(=O)O)N1CCOCC1. The van der Waals surface area contributed by atoms with Crippen molar-refractivity contribution in [1.29, 1.82) is 0 Å². The van der Waals surface area contributed by atoms with E-state index in [-0.39, 0.29) is 18.9 Å². The molecule has 0 aromatic heterocycles. The van der Waals surface area contributed by atoms with Crippen LogP contribution in [-0.4, -0.2) is 77.0 Å². The number of morpholine rings is 1. The molecule has 2 N–H and O–H groups in total. The number of aliphatic hydroxyl groups excluding tert-OH is 1. The summed E-state index contributed by atoms with van der Waals surface area (Å²) in [6, 6.07) is -0.749. The second-order valence-electron chi connectivity index (χ2n) is 4.28. The zero-order valence-corrected chi connectivity index (χ0v) is 9.41. The molecule has 2 aliphatic rings. The highest BCUT2D eigenvalue weighted by Crippen LogP contribution is 2.20. The van der Waals surface area contributed by atoms with Crippen LogP contribution in [-0.2, 0) is 9.53 Å². The highest BCUT2D eigenvalue weighted by Gasteiger charge is 2.41. The van der Waals surface area contributed by atoms with Crippen molar-refractivity contribution in [1.82, 2.24) is 9.80 Å². The van der Waals surface area contributed by atoms with Gasteiger partial charge >= 0.3 is 6.09 Å². The number of β-amino-alcohol motifs (C(OH)–C–C–N with tert-alkyl or cyclic N) is 1. The number of ether oxygens (including phenoxy) is 1. The fourth-order valence-corrected chi connectivity index (χ4v) is 2.25. The van der Waals surface area contributed by atoms with E-state index in [1.807, 2.05) is 0 Å². The number of carbonyl (C=O) groups excluding carboxylic acids is 1. The maximum absolute atomic E-state index is 12.1. The fraction of sp³-hybridized carbons (Fsp3) is 0.800. The van der Waals surface area contributed by atoms with E-state index in [0.29, 0.717) is 26.3 Å². The van der Waals surface area contributed by atoms with Gasteiger partial charge in [0.25, 0.3) is 0 Å². The molecule has 7 nitrogen and oxygen atoms in total. The lowest BCUT2D eigenvalue weighted by molar-refractivity contribution is -0.139. The van der Waals surface area contributed by atoms with Crippen LogP contribution >= 0.6 is 0 Å². The number of nitrogens with zero attached hydrogens (tertiary/aromatic N) is 2. The number of hydrogen-bond donors (Lipinski definition) is 2. The highest BCUT2D eigenvalue weighted by atomic mass is 16.5. The Labute approximate surface area is 98.6 Å². The van der Waals surface area contributed by atoms with Crippen LogP contribution in [0, 0.1) is 0 Å². The van der Waals surface area contributed by atoms with Gasteiger partial charge in [-0.25, -0.2) is 4.79 Å². The Hall–Kier alpha value is -1.34. The Balaban J connectivity index is 2.04. The van der Waals surface area contributed by atoms with Gasteiger partial charge in [-0.15, -0.1) is 0 Å². The predicted octanol–water partition coefficient (Wildman–Crippen LogP) is -1.04. The molecule has 0 saturated carbocycles. The Morgan fingerprint density at radius 3 is 2.47 bits per heavy atom. The average molecular weight is 244 g/mol. The molecule has 2 atom stereocenters. The molecule has 96 valence electrons. The lowest BCUT2D eigenvalue weighted by atomic mass is 10.1. The van der Waals surface area contributed by atoms with Gasteiger partial charge in [-0.3, -0.25) is 9.69 Å². The average Bonchev–Trinajstić information content (AvgIpc) is 2.72. The van der Waals surface area contributed by atoms with Crippen molar-refractivity contribution in [2.45, 2.75) is 18.6 Å². The fourth-order valence-electron chi connectivity index (χ4n) is 2.25. The van der Waals surface area contributed by atoms with Gasteiger partial charge in [0.15, 0.2) is 0 Å². The zero-order valence-electron chi connectivity index (χ0n) is 9.41. The zero-order chi connectivity index (χ0) is 12.4. The molecular formula is C10H16N2O5. The van der Waals surface area contributed by atoms with Crippen molar-refractivity contribution in [3.8, 4) is 0 Å². The molecule has 0 unspecified atom stereocenters. The monoisotopic (exact) mass is 244 g/mol. The van der Waals surface area contributed by atoms with Gasteiger partial charge in [-0.2, -0.15) is 0 Å². The lowest BCUT2D eigenvalue weighted by Gasteiger charge is -2.31. The van der Waals surface area contributed by atoms with Crippen molar-refractivity contribution in [3.63, 3.8) is 0 Å². The van der Waals surface area contributed by atoms with Crippen molar-refractivity contribution in [2.75, 3.05) is 32.8 Å². The van der Waals surface area contributed by atoms with E-state index >= 15 is 0 Å². The summed E-state index contributed by atoms with van der Waals surface area (Å²) >= 11 is 0. The van der Waals surface area contributed by atoms with Crippen molar-refractivity contribution >= 4 is 12.0 Å². The molecule has 0 radical (unpaired) electrons. The molecule has 0 spiro atoms. The summed E-state index contributed by atoms with van der Waals surface area (Å²) in [6.45, 7) is 1.94. The number of aliphatic hydroxyl groups is 1. The van der Waals surface area contributed by atoms with Crippen LogP contribution in [0.2, 0.25) is 0 Å². The summed E-state index contributed by atoms with van der Waals surface area (Å²) in [7, 11) is 0. The second kappa shape index (κ2) is 4.89. The summed E-state index contributed by atoms with van der Waals surface area (Å²) in [6.07, 6.45) is -1.73. The van der Waals surface area contributed by atoms with Crippen LogP contribution in [0.4, 0.5) is 4.79 Å². The third-order valence-corrected chi connectivity index (χ3v) is 3.13. The molecule has 17 heavy (non-hydrogen) atoms. The number of likely N-dealkylation sites (tertiary alicyclic amines) is 1. The van der Waals surface area contributed by atoms with E-state index in [0.717, 1.165) is 4.90 Å². The van der Waals surface area contributed by atoms with Gasteiger partial charge in [0.05, 0.1) is 25.9 Å². The molecule has 2 fully saturated rings. The van der Waals surface area contributed by atoms with Gasteiger partial charge in [-0.05, 0) is 0 Å². The van der Waals surface area contributed by atoms with E-state index < -0.39 is 18.2 Å². The van der Waals surface area contributed by atoms with E-state index in [1.54, 1.807) is 4.90 Å². The number of carbonyl (C=O) groups is 2. The summed E-state index contributed by atoms with van der Waals surface area (Å²) in [4.78, 5) is 25.7. The lowest BCUT2D eigenvalue weighted by Crippen LogP contribution is -2.50. The standard InChI is InChI=1S/C10H16N2O5/c13-7-5-8(12(6-7)10(15)16)9(14)11-1-3-17-4-2-11/h7-8,13H,1-6H2,(H,15,16)/t7-,8-/m0/s1. The Kier molecular flexibility index (Phi) is 3.49.